The van der Waals surface area contributed by atoms with Crippen molar-refractivity contribution >= 4 is 61.5 Å². The van der Waals surface area contributed by atoms with Crippen LogP contribution in [0.1, 0.15) is 180 Å². The third kappa shape index (κ3) is 10.6. The van der Waals surface area contributed by atoms with E-state index in [4.69, 9.17) is 23.6 Å². The van der Waals surface area contributed by atoms with E-state index in [1.165, 1.54) is 253 Å². The summed E-state index contributed by atoms with van der Waals surface area (Å²) in [7, 11) is -6.22. The number of nitrogens with zero attached hydrogens (tertiary/aromatic N) is 16. The van der Waals surface area contributed by atoms with Gasteiger partial charge in [-0.3, -0.25) is 0 Å². The van der Waals surface area contributed by atoms with Crippen LogP contribution in [0.25, 0.3) is 0 Å². The van der Waals surface area contributed by atoms with Crippen molar-refractivity contribution in [3.8, 4) is 0 Å². The van der Waals surface area contributed by atoms with E-state index in [0.717, 1.165) is 130 Å². The van der Waals surface area contributed by atoms with Crippen molar-refractivity contribution < 1.29 is 4.52 Å². The van der Waals surface area contributed by atoms with Crippen LogP contribution in [0.4, 0.5) is 0 Å². The third-order valence-corrected chi connectivity index (χ3v) is 39.4. The van der Waals surface area contributed by atoms with Gasteiger partial charge in [-0.05, 0) is 0 Å². The molecule has 0 amide bonds. The molecule has 0 aliphatic carbocycles. The van der Waals surface area contributed by atoms with Crippen molar-refractivity contribution in [3.63, 3.8) is 0 Å². The molecule has 16 aliphatic rings. The van der Waals surface area contributed by atoms with Gasteiger partial charge >= 0.3 is 534 Å². The first-order valence-electron chi connectivity index (χ1n) is 37.0. The Kier molecular flexibility index (Phi) is 18.6. The van der Waals surface area contributed by atoms with E-state index in [9.17, 15) is 0 Å². The summed E-state index contributed by atoms with van der Waals surface area (Å²) in [5.41, 5.74) is 4.77. The van der Waals surface area contributed by atoms with Crippen LogP contribution in [-0.2, 0) is 4.52 Å². The van der Waals surface area contributed by atoms with E-state index in [-0.39, 0.29) is 22.7 Å². The summed E-state index contributed by atoms with van der Waals surface area (Å²) in [5, 5.41) is 0. The molecule has 0 aromatic carbocycles. The Hall–Kier alpha value is 0.310. The average molecular weight is 1290 g/mol. The summed E-state index contributed by atoms with van der Waals surface area (Å²) >= 11 is 0. The number of hydrogen-bond donors (Lipinski definition) is 0. The fourth-order valence-corrected chi connectivity index (χ4v) is 38.5. The second kappa shape index (κ2) is 26.0. The van der Waals surface area contributed by atoms with Crippen LogP contribution < -0.4 is 0 Å². The Bertz CT molecular complexity index is 2120. The number of likely N-dealkylation sites (tertiary alicyclic amines) is 8. The Labute approximate surface area is 531 Å². The zero-order valence-electron chi connectivity index (χ0n) is 54.4. The summed E-state index contributed by atoms with van der Waals surface area (Å²) in [5.74, 6) is 0. The molecule has 0 spiro atoms. The van der Waals surface area contributed by atoms with Crippen LogP contribution >= 0.6 is 39.7 Å². The molecule has 22 heteroatoms. The monoisotopic (exact) mass is 1290 g/mol. The zero-order valence-corrected chi connectivity index (χ0v) is 58.9. The third-order valence-electron chi connectivity index (χ3n) is 25.2. The molecule has 4 atom stereocenters. The number of hydrogen-bond acceptors (Lipinski definition) is 17. The van der Waals surface area contributed by atoms with Gasteiger partial charge < -0.3 is 0 Å². The molecule has 0 aromatic rings. The molecule has 16 saturated heterocycles. The van der Waals surface area contributed by atoms with Crippen molar-refractivity contribution in [2.75, 3.05) is 189 Å². The summed E-state index contributed by atoms with van der Waals surface area (Å²) < 4.78 is 50.7. The van der Waals surface area contributed by atoms with Crippen LogP contribution in [0.5, 0.6) is 0 Å². The van der Waals surface area contributed by atoms with Crippen LogP contribution in [0, 0.1) is 0 Å². The Balaban J connectivity index is 1.10. The molecule has 4 unspecified atom stereocenters. The minimum atomic E-state index is -5.20. The van der Waals surface area contributed by atoms with E-state index in [1.54, 1.807) is 0 Å². The van der Waals surface area contributed by atoms with Crippen LogP contribution in [0.15, 0.2) is 19.1 Å². The van der Waals surface area contributed by atoms with E-state index < -0.39 is 39.7 Å². The molecule has 16 heterocycles. The van der Waals surface area contributed by atoms with Crippen molar-refractivity contribution in [2.24, 2.45) is 19.1 Å². The Morgan fingerprint density at radius 1 is 0.253 bits per heavy atom. The first-order chi connectivity index (χ1) is 42.9. The minimum absolute atomic E-state index is 0.285. The fraction of sp³-hybridized carbons (Fsp3) is 0.938. The Morgan fingerprint density at radius 3 is 0.552 bits per heavy atom. The maximum absolute atomic E-state index is 8.69. The predicted molar refractivity (Wildman–Crippen MR) is 370 cm³/mol. The first kappa shape index (κ1) is 62.1. The molecule has 0 radical (unpaired) electrons. The van der Waals surface area contributed by atoms with E-state index in [1.807, 2.05) is 0 Å². The van der Waals surface area contributed by atoms with Crippen molar-refractivity contribution in [2.45, 2.75) is 202 Å². The zero-order chi connectivity index (χ0) is 58.1. The standard InChI is InChI=1S/C65H115N16OP5/c1-82-87(66-58-62(70-30-2-3-31-70,71-32-4-5-33-71)26-54-83(58)78-46-18-19-47-78,67-59-63(72-34-6-7-35-72,73-36-8-9-37-73)27-55-84(59)79-48-20-21-49-79,68-60-64(74-38-10-11-39-74,75-40-12-13-41-75)28-56-85(60)80-50-22-23-51-80)69-61-65(76-42-14-15-43-76,77-44-16-17-45-77)29-57-86(61)81-52-24-25-53-81/h2-57H2,1H3. The molecular weight excluding hydrogens is 1180 g/mol. The van der Waals surface area contributed by atoms with Crippen LogP contribution in [-0.4, -0.2) is 291 Å². The van der Waals surface area contributed by atoms with Gasteiger partial charge in [-0.2, -0.15) is 0 Å². The van der Waals surface area contributed by atoms with Gasteiger partial charge in [0.1, 0.15) is 0 Å². The molecular formula is C65H115N16OP5. The number of rotatable bonds is 17. The molecule has 0 aromatic heterocycles. The molecule has 0 saturated carbocycles. The average Bonchev–Trinajstić information content (AvgIpc) is 1.15. The molecule has 486 valence electrons. The first-order valence-corrected chi connectivity index (χ1v) is 44.9. The molecule has 17 nitrogen and oxygen atoms in total. The van der Waals surface area contributed by atoms with Gasteiger partial charge in [-0.25, -0.2) is 0 Å². The van der Waals surface area contributed by atoms with Gasteiger partial charge in [0.25, 0.3) is 0 Å². The molecule has 0 bridgehead atoms. The van der Waals surface area contributed by atoms with E-state index in [0.29, 0.717) is 0 Å². The summed E-state index contributed by atoms with van der Waals surface area (Å²) in [6, 6.07) is 0. The van der Waals surface area contributed by atoms with Gasteiger partial charge in [-0.1, -0.05) is 0 Å². The van der Waals surface area contributed by atoms with Crippen LogP contribution in [0.3, 0.4) is 0 Å². The maximum atomic E-state index is 8.69. The van der Waals surface area contributed by atoms with Gasteiger partial charge in [0.05, 0.1) is 0 Å². The van der Waals surface area contributed by atoms with E-state index >= 15 is 0 Å². The molecule has 16 fully saturated rings. The predicted octanol–water partition coefficient (Wildman–Crippen LogP) is 11.5. The van der Waals surface area contributed by atoms with Crippen molar-refractivity contribution in [1.82, 2.24) is 57.9 Å². The van der Waals surface area contributed by atoms with Gasteiger partial charge in [-0.15, -0.1) is 0 Å². The summed E-state index contributed by atoms with van der Waals surface area (Å²) in [6.45, 7) is 28.1. The fourth-order valence-electron chi connectivity index (χ4n) is 21.0. The second-order valence-corrected chi connectivity index (χ2v) is 41.5. The molecule has 16 rings (SSSR count). The second-order valence-electron chi connectivity index (χ2n) is 29.7. The molecule has 0 N–H and O–H groups in total. The normalized spacial score (nSPS) is 37.6. The quantitative estimate of drug-likeness (QED) is 0.129. The SMILES string of the molecule is COP(N=C1P(N2CCCC2)CCC1(N1CCCC1)N1CCCC1)(N=C1P(N2CCCC2)CCC1(N1CCCC1)N1CCCC1)(N=C1P(N2CCCC2)CCC1(N1CCCC1)N1CCCC1)N=C1P(N2CCCC2)CCC1(N1CCCC1)N1CCCC1. The van der Waals surface area contributed by atoms with Gasteiger partial charge in [0.2, 0.25) is 0 Å². The summed E-state index contributed by atoms with van der Waals surface area (Å²) in [4.78, 5) is 24.4. The molecule has 87 heavy (non-hydrogen) atoms. The molecule has 16 aliphatic heterocycles. The Morgan fingerprint density at radius 2 is 0.402 bits per heavy atom. The van der Waals surface area contributed by atoms with Crippen LogP contribution in [0.2, 0.25) is 0 Å². The van der Waals surface area contributed by atoms with Gasteiger partial charge in [0.15, 0.2) is 0 Å². The summed E-state index contributed by atoms with van der Waals surface area (Å²) in [6.07, 6.45) is 40.4. The van der Waals surface area contributed by atoms with E-state index in [2.05, 4.69) is 65.0 Å². The van der Waals surface area contributed by atoms with Crippen molar-refractivity contribution in [3.05, 3.63) is 0 Å². The topological polar surface area (TPSA) is 97.5 Å². The van der Waals surface area contributed by atoms with Crippen molar-refractivity contribution in [1.29, 1.82) is 0 Å². The van der Waals surface area contributed by atoms with Gasteiger partial charge in [0, 0.05) is 0 Å².